The van der Waals surface area contributed by atoms with Crippen molar-refractivity contribution in [1.29, 1.82) is 0 Å². The molecule has 2 aromatic heterocycles. The first-order valence-electron chi connectivity index (χ1n) is 10.3. The Labute approximate surface area is 160 Å². The summed E-state index contributed by atoms with van der Waals surface area (Å²) in [6.45, 7) is 9.50. The number of rotatable bonds is 6. The van der Waals surface area contributed by atoms with Gasteiger partial charge in [-0.2, -0.15) is 5.10 Å². The molecule has 2 aliphatic rings. The fraction of sp³-hybridized carbons (Fsp3) is 0.700. The molecule has 1 amide bonds. The van der Waals surface area contributed by atoms with Crippen LogP contribution in [0.25, 0.3) is 0 Å². The standard InChI is InChI=1S/C20H30N6O/c1-4-26-19(11-17(22-26)14(2)3)20(27)24-9-7-15(8-10-24)12-25-13-18(21-23-25)16-5-6-16/h11,13-16H,4-10,12H2,1-3H3. The molecule has 0 radical (unpaired) electrons. The lowest BCUT2D eigenvalue weighted by molar-refractivity contribution is 0.0668. The third kappa shape index (κ3) is 3.92. The largest absolute Gasteiger partial charge is 0.337 e. The molecule has 0 unspecified atom stereocenters. The first-order valence-corrected chi connectivity index (χ1v) is 10.3. The van der Waals surface area contributed by atoms with Crippen molar-refractivity contribution in [1.82, 2.24) is 29.7 Å². The van der Waals surface area contributed by atoms with Crippen LogP contribution in [-0.2, 0) is 13.1 Å². The van der Waals surface area contributed by atoms with Crippen molar-refractivity contribution in [3.63, 3.8) is 0 Å². The fourth-order valence-electron chi connectivity index (χ4n) is 3.85. The summed E-state index contributed by atoms with van der Waals surface area (Å²) >= 11 is 0. The van der Waals surface area contributed by atoms with Crippen LogP contribution in [0, 0.1) is 5.92 Å². The summed E-state index contributed by atoms with van der Waals surface area (Å²) in [5, 5.41) is 13.2. The minimum Gasteiger partial charge on any atom is -0.337 e. The summed E-state index contributed by atoms with van der Waals surface area (Å²) in [6, 6.07) is 1.97. The second kappa shape index (κ2) is 7.44. The van der Waals surface area contributed by atoms with E-state index in [2.05, 4.69) is 35.5 Å². The van der Waals surface area contributed by atoms with Crippen LogP contribution in [-0.4, -0.2) is 48.7 Å². The van der Waals surface area contributed by atoms with E-state index in [4.69, 9.17) is 0 Å². The topological polar surface area (TPSA) is 68.8 Å². The maximum absolute atomic E-state index is 13.0. The zero-order chi connectivity index (χ0) is 19.0. The minimum atomic E-state index is 0.117. The van der Waals surface area contributed by atoms with Crippen molar-refractivity contribution in [3.8, 4) is 0 Å². The minimum absolute atomic E-state index is 0.117. The van der Waals surface area contributed by atoms with Gasteiger partial charge in [0.05, 0.1) is 11.4 Å². The van der Waals surface area contributed by atoms with Crippen LogP contribution in [0.4, 0.5) is 0 Å². The summed E-state index contributed by atoms with van der Waals surface area (Å²) < 4.78 is 3.84. The third-order valence-electron chi connectivity index (χ3n) is 5.81. The van der Waals surface area contributed by atoms with Gasteiger partial charge in [0.1, 0.15) is 5.69 Å². The summed E-state index contributed by atoms with van der Waals surface area (Å²) in [5.74, 6) is 1.66. The normalized spacial score (nSPS) is 18.4. The van der Waals surface area contributed by atoms with Crippen LogP contribution >= 0.6 is 0 Å². The van der Waals surface area contributed by atoms with Gasteiger partial charge in [-0.05, 0) is 50.5 Å². The number of amides is 1. The second-order valence-corrected chi connectivity index (χ2v) is 8.30. The smallest absolute Gasteiger partial charge is 0.272 e. The number of carbonyl (C=O) groups is 1. The molecular weight excluding hydrogens is 340 g/mol. The highest BCUT2D eigenvalue weighted by atomic mass is 16.2. The van der Waals surface area contributed by atoms with Crippen LogP contribution in [0.15, 0.2) is 12.3 Å². The van der Waals surface area contributed by atoms with Crippen LogP contribution in [0.2, 0.25) is 0 Å². The van der Waals surface area contributed by atoms with Gasteiger partial charge in [-0.3, -0.25) is 14.2 Å². The van der Waals surface area contributed by atoms with E-state index < -0.39 is 0 Å². The quantitative estimate of drug-likeness (QED) is 0.784. The molecule has 0 atom stereocenters. The Morgan fingerprint density at radius 2 is 1.96 bits per heavy atom. The molecular formula is C20H30N6O. The number of aryl methyl sites for hydroxylation is 1. The van der Waals surface area contributed by atoms with Crippen LogP contribution in [0.5, 0.6) is 0 Å². The first kappa shape index (κ1) is 18.2. The molecule has 0 spiro atoms. The summed E-state index contributed by atoms with van der Waals surface area (Å²) in [7, 11) is 0. The van der Waals surface area contributed by atoms with Gasteiger partial charge < -0.3 is 4.90 Å². The van der Waals surface area contributed by atoms with Gasteiger partial charge in [0, 0.05) is 38.3 Å². The van der Waals surface area contributed by atoms with Crippen LogP contribution < -0.4 is 0 Å². The van der Waals surface area contributed by atoms with E-state index in [0.29, 0.717) is 17.8 Å². The van der Waals surface area contributed by atoms with Crippen molar-refractivity contribution in [2.24, 2.45) is 5.92 Å². The fourth-order valence-corrected chi connectivity index (χ4v) is 3.85. The van der Waals surface area contributed by atoms with Crippen molar-refractivity contribution < 1.29 is 4.79 Å². The van der Waals surface area contributed by atoms with Gasteiger partial charge in [0.25, 0.3) is 5.91 Å². The van der Waals surface area contributed by atoms with Crippen molar-refractivity contribution in [2.75, 3.05) is 13.1 Å². The molecule has 7 heteroatoms. The van der Waals surface area contributed by atoms with Crippen molar-refractivity contribution in [2.45, 2.75) is 71.4 Å². The average Bonchev–Trinajstić information content (AvgIpc) is 3.25. The van der Waals surface area contributed by atoms with Gasteiger partial charge in [-0.15, -0.1) is 5.10 Å². The molecule has 1 aliphatic carbocycles. The molecule has 0 aromatic carbocycles. The van der Waals surface area contributed by atoms with E-state index in [1.165, 1.54) is 12.8 Å². The van der Waals surface area contributed by atoms with Crippen LogP contribution in [0.1, 0.15) is 80.2 Å². The van der Waals surface area contributed by atoms with E-state index in [0.717, 1.165) is 56.1 Å². The van der Waals surface area contributed by atoms with Gasteiger partial charge >= 0.3 is 0 Å². The molecule has 4 rings (SSSR count). The molecule has 3 heterocycles. The number of nitrogens with zero attached hydrogens (tertiary/aromatic N) is 6. The Kier molecular flexibility index (Phi) is 5.02. The Bertz CT molecular complexity index is 795. The van der Waals surface area contributed by atoms with E-state index in [9.17, 15) is 4.79 Å². The molecule has 146 valence electrons. The molecule has 1 saturated heterocycles. The molecule has 1 saturated carbocycles. The lowest BCUT2D eigenvalue weighted by atomic mass is 9.96. The average molecular weight is 371 g/mol. The second-order valence-electron chi connectivity index (χ2n) is 8.30. The number of carbonyl (C=O) groups excluding carboxylic acids is 1. The summed E-state index contributed by atoms with van der Waals surface area (Å²) in [4.78, 5) is 15.0. The maximum Gasteiger partial charge on any atom is 0.272 e. The predicted molar refractivity (Wildman–Crippen MR) is 103 cm³/mol. The van der Waals surface area contributed by atoms with E-state index in [-0.39, 0.29) is 5.91 Å². The number of aromatic nitrogens is 5. The zero-order valence-corrected chi connectivity index (χ0v) is 16.6. The molecule has 7 nitrogen and oxygen atoms in total. The van der Waals surface area contributed by atoms with Gasteiger partial charge in [0.15, 0.2) is 0 Å². The highest BCUT2D eigenvalue weighted by Crippen LogP contribution is 2.38. The number of hydrogen-bond donors (Lipinski definition) is 0. The summed E-state index contributed by atoms with van der Waals surface area (Å²) in [6.07, 6.45) is 6.66. The third-order valence-corrected chi connectivity index (χ3v) is 5.81. The highest BCUT2D eigenvalue weighted by molar-refractivity contribution is 5.92. The molecule has 1 aliphatic heterocycles. The summed E-state index contributed by atoms with van der Waals surface area (Å²) in [5.41, 5.74) is 2.87. The van der Waals surface area contributed by atoms with E-state index >= 15 is 0 Å². The van der Waals surface area contributed by atoms with Crippen molar-refractivity contribution >= 4 is 5.91 Å². The number of hydrogen-bond acceptors (Lipinski definition) is 4. The molecule has 0 bridgehead atoms. The number of likely N-dealkylation sites (tertiary alicyclic amines) is 1. The highest BCUT2D eigenvalue weighted by Gasteiger charge is 2.29. The Morgan fingerprint density at radius 1 is 1.22 bits per heavy atom. The first-order chi connectivity index (χ1) is 13.0. The maximum atomic E-state index is 13.0. The van der Waals surface area contributed by atoms with Crippen LogP contribution in [0.3, 0.4) is 0 Å². The molecule has 27 heavy (non-hydrogen) atoms. The Morgan fingerprint density at radius 3 is 2.59 bits per heavy atom. The lowest BCUT2D eigenvalue weighted by Gasteiger charge is -2.31. The monoisotopic (exact) mass is 370 g/mol. The van der Waals surface area contributed by atoms with E-state index in [1.807, 2.05) is 27.3 Å². The Hall–Kier alpha value is -2.18. The SMILES string of the molecule is CCn1nc(C(C)C)cc1C(=O)N1CCC(Cn2cc(C3CC3)nn2)CC1. The lowest BCUT2D eigenvalue weighted by Crippen LogP contribution is -2.40. The van der Waals surface area contributed by atoms with Gasteiger partial charge in [0.2, 0.25) is 0 Å². The molecule has 0 N–H and O–H groups in total. The zero-order valence-electron chi connectivity index (χ0n) is 16.6. The molecule has 2 fully saturated rings. The Balaban J connectivity index is 1.35. The number of piperidine rings is 1. The van der Waals surface area contributed by atoms with Crippen molar-refractivity contribution in [3.05, 3.63) is 29.3 Å². The van der Waals surface area contributed by atoms with Gasteiger partial charge in [-0.25, -0.2) is 0 Å². The van der Waals surface area contributed by atoms with Gasteiger partial charge in [-0.1, -0.05) is 19.1 Å². The predicted octanol–water partition coefficient (Wildman–Crippen LogP) is 3.05. The molecule has 2 aromatic rings. The van der Waals surface area contributed by atoms with E-state index in [1.54, 1.807) is 0 Å².